The maximum atomic E-state index is 13.6. The van der Waals surface area contributed by atoms with Crippen molar-refractivity contribution in [2.75, 3.05) is 19.7 Å². The third-order valence-electron chi connectivity index (χ3n) is 6.21. The number of cyclic esters (lactones) is 1. The van der Waals surface area contributed by atoms with Crippen molar-refractivity contribution in [1.29, 1.82) is 0 Å². The first-order valence-corrected chi connectivity index (χ1v) is 11.6. The molecule has 34 heavy (non-hydrogen) atoms. The highest BCUT2D eigenvalue weighted by Crippen LogP contribution is 2.22. The number of carbonyl (C=O) groups excluding carboxylic acids is 4. The molecule has 3 amide bonds. The molecule has 1 aromatic carbocycles. The Hall–Kier alpha value is -3.24. The maximum Gasteiger partial charge on any atom is 0.310 e. The summed E-state index contributed by atoms with van der Waals surface area (Å²) in [5, 5.41) is 8.90. The van der Waals surface area contributed by atoms with Gasteiger partial charge >= 0.3 is 5.97 Å². The minimum absolute atomic E-state index is 0.00638. The number of esters is 1. The molecule has 0 saturated carbocycles. The molecule has 3 N–H and O–H groups in total. The van der Waals surface area contributed by atoms with Crippen LogP contribution in [0.15, 0.2) is 42.5 Å². The minimum atomic E-state index is -0.849. The van der Waals surface area contributed by atoms with E-state index < -0.39 is 36.3 Å². The van der Waals surface area contributed by atoms with Crippen LogP contribution in [-0.4, -0.2) is 78.7 Å². The molecule has 0 spiro atoms. The van der Waals surface area contributed by atoms with Crippen molar-refractivity contribution < 1.29 is 28.7 Å². The summed E-state index contributed by atoms with van der Waals surface area (Å²) >= 11 is 0. The Balaban J connectivity index is 1.51. The molecule has 2 unspecified atom stereocenters. The molecule has 3 aliphatic rings. The van der Waals surface area contributed by atoms with Gasteiger partial charge in [0.15, 0.2) is 0 Å². The topological polar surface area (TPSA) is 126 Å². The van der Waals surface area contributed by atoms with Crippen LogP contribution >= 0.6 is 0 Å². The third-order valence-corrected chi connectivity index (χ3v) is 6.21. The quantitative estimate of drug-likeness (QED) is 0.398. The maximum absolute atomic E-state index is 13.6. The zero-order valence-corrected chi connectivity index (χ0v) is 19.1. The van der Waals surface area contributed by atoms with E-state index in [0.717, 1.165) is 0 Å². The van der Waals surface area contributed by atoms with Crippen molar-refractivity contribution in [3.05, 3.63) is 48.0 Å². The largest absolute Gasteiger partial charge is 0.433 e. The van der Waals surface area contributed by atoms with Gasteiger partial charge in [-0.05, 0) is 31.9 Å². The minimum Gasteiger partial charge on any atom is -0.433 e. The Morgan fingerprint density at radius 2 is 1.88 bits per heavy atom. The highest BCUT2D eigenvalue weighted by molar-refractivity contribution is 5.98. The molecule has 0 aromatic heterocycles. The second kappa shape index (κ2) is 10.8. The van der Waals surface area contributed by atoms with Gasteiger partial charge in [-0.25, -0.2) is 0 Å². The highest BCUT2D eigenvalue weighted by atomic mass is 16.7. The van der Waals surface area contributed by atoms with Crippen LogP contribution in [0.1, 0.15) is 36.5 Å². The molecule has 2 fully saturated rings. The number of amides is 3. The zero-order chi connectivity index (χ0) is 24.1. The van der Waals surface area contributed by atoms with Crippen LogP contribution in [0.2, 0.25) is 0 Å². The highest BCUT2D eigenvalue weighted by Gasteiger charge is 2.43. The van der Waals surface area contributed by atoms with Crippen LogP contribution in [0.3, 0.4) is 0 Å². The van der Waals surface area contributed by atoms with E-state index in [-0.39, 0.29) is 30.8 Å². The van der Waals surface area contributed by atoms with E-state index in [1.165, 1.54) is 0 Å². The number of fused-ring (bicyclic) bond motifs is 1. The number of ether oxygens (including phenoxy) is 2. The number of hydrogen-bond acceptors (Lipinski definition) is 7. The van der Waals surface area contributed by atoms with Crippen molar-refractivity contribution in [2.24, 2.45) is 0 Å². The third kappa shape index (κ3) is 5.28. The number of nitrogens with one attached hydrogen (secondary N) is 3. The number of carbonyl (C=O) groups is 4. The Morgan fingerprint density at radius 1 is 1.12 bits per heavy atom. The van der Waals surface area contributed by atoms with E-state index in [1.807, 2.05) is 18.2 Å². The van der Waals surface area contributed by atoms with Gasteiger partial charge in [-0.3, -0.25) is 19.2 Å². The first-order valence-electron chi connectivity index (χ1n) is 11.6. The van der Waals surface area contributed by atoms with Gasteiger partial charge < -0.3 is 30.3 Å². The van der Waals surface area contributed by atoms with Gasteiger partial charge in [0.2, 0.25) is 18.1 Å². The first-order chi connectivity index (χ1) is 16.5. The Labute approximate surface area is 198 Å². The predicted octanol–water partition coefficient (Wildman–Crippen LogP) is 0.0983. The van der Waals surface area contributed by atoms with Crippen molar-refractivity contribution in [2.45, 2.75) is 56.6 Å². The first kappa shape index (κ1) is 23.9. The average molecular weight is 471 g/mol. The van der Waals surface area contributed by atoms with E-state index in [2.05, 4.69) is 16.0 Å². The summed E-state index contributed by atoms with van der Waals surface area (Å²) in [6.45, 7) is 2.90. The van der Waals surface area contributed by atoms with Crippen LogP contribution in [0.4, 0.5) is 0 Å². The van der Waals surface area contributed by atoms with E-state index in [4.69, 9.17) is 9.47 Å². The molecular weight excluding hydrogens is 440 g/mol. The molecular formula is C24H30N4O6. The van der Waals surface area contributed by atoms with E-state index in [1.54, 1.807) is 36.1 Å². The summed E-state index contributed by atoms with van der Waals surface area (Å²) in [7, 11) is 0. The molecule has 5 atom stereocenters. The van der Waals surface area contributed by atoms with Crippen LogP contribution in [0.25, 0.3) is 0 Å². The smallest absolute Gasteiger partial charge is 0.310 e. The lowest BCUT2D eigenvalue weighted by Gasteiger charge is -2.44. The molecule has 4 rings (SSSR count). The number of rotatable bonds is 6. The molecule has 10 heteroatoms. The fraction of sp³-hybridized carbons (Fsp3) is 0.500. The standard InChI is InChI=1S/C24H30N4O6/c1-2-33-24-18(12-20(29)34-24)27-22(31)19-14-25-13-16-10-6-7-11-17(23(32)28(16)19)26-21(30)15-8-4-3-5-9-15/h3-9,16-19,24-25H,2,10-14H2,1H3,(H,26,30)(H,27,31)/b7-6-/t16-,17-,18?,19-,24?/m0/s1. The molecule has 2 saturated heterocycles. The lowest BCUT2D eigenvalue weighted by atomic mass is 9.97. The van der Waals surface area contributed by atoms with Gasteiger partial charge in [0.05, 0.1) is 6.42 Å². The predicted molar refractivity (Wildman–Crippen MR) is 121 cm³/mol. The SMILES string of the molecule is CCOC1OC(=O)CC1NC(=O)[C@@H]1CNC[C@@H]2C/C=C\C[C@H](NC(=O)c3ccccc3)C(=O)N21. The zero-order valence-electron chi connectivity index (χ0n) is 19.1. The molecule has 1 aromatic rings. The molecule has 182 valence electrons. The van der Waals surface area contributed by atoms with Gasteiger partial charge in [0, 0.05) is 31.3 Å². The second-order valence-corrected chi connectivity index (χ2v) is 8.54. The monoisotopic (exact) mass is 470 g/mol. The van der Waals surface area contributed by atoms with Crippen molar-refractivity contribution in [3.63, 3.8) is 0 Å². The molecule has 3 aliphatic heterocycles. The number of piperazine rings is 1. The number of nitrogens with zero attached hydrogens (tertiary/aromatic N) is 1. The van der Waals surface area contributed by atoms with E-state index in [0.29, 0.717) is 31.6 Å². The van der Waals surface area contributed by atoms with Crippen molar-refractivity contribution in [3.8, 4) is 0 Å². The molecule has 0 bridgehead atoms. The fourth-order valence-electron chi connectivity index (χ4n) is 4.55. The van der Waals surface area contributed by atoms with Crippen LogP contribution < -0.4 is 16.0 Å². The Bertz CT molecular complexity index is 952. The number of benzene rings is 1. The summed E-state index contributed by atoms with van der Waals surface area (Å²) < 4.78 is 10.6. The summed E-state index contributed by atoms with van der Waals surface area (Å²) in [5.74, 6) is -1.49. The van der Waals surface area contributed by atoms with Gasteiger partial charge in [0.25, 0.3) is 5.91 Å². The van der Waals surface area contributed by atoms with Gasteiger partial charge in [-0.2, -0.15) is 0 Å². The van der Waals surface area contributed by atoms with Crippen molar-refractivity contribution in [1.82, 2.24) is 20.9 Å². The van der Waals surface area contributed by atoms with Gasteiger partial charge in [0.1, 0.15) is 18.1 Å². The van der Waals surface area contributed by atoms with Crippen molar-refractivity contribution >= 4 is 23.7 Å². The average Bonchev–Trinajstić information content (AvgIpc) is 3.18. The molecule has 0 aliphatic carbocycles. The van der Waals surface area contributed by atoms with E-state index >= 15 is 0 Å². The lowest BCUT2D eigenvalue weighted by Crippen LogP contribution is -2.67. The summed E-state index contributed by atoms with van der Waals surface area (Å²) in [6.07, 6.45) is 3.95. The lowest BCUT2D eigenvalue weighted by molar-refractivity contribution is -0.165. The molecule has 3 heterocycles. The van der Waals surface area contributed by atoms with E-state index in [9.17, 15) is 19.2 Å². The Kier molecular flexibility index (Phi) is 7.59. The van der Waals surface area contributed by atoms with Gasteiger partial charge in [-0.15, -0.1) is 0 Å². The summed E-state index contributed by atoms with van der Waals surface area (Å²) in [4.78, 5) is 53.0. The van der Waals surface area contributed by atoms with Gasteiger partial charge in [-0.1, -0.05) is 30.4 Å². The summed E-state index contributed by atoms with van der Waals surface area (Å²) in [6, 6.07) is 6.23. The van der Waals surface area contributed by atoms with Crippen LogP contribution in [0.5, 0.6) is 0 Å². The molecule has 10 nitrogen and oxygen atoms in total. The fourth-order valence-corrected chi connectivity index (χ4v) is 4.55. The van der Waals surface area contributed by atoms with Crippen LogP contribution in [0, 0.1) is 0 Å². The second-order valence-electron chi connectivity index (χ2n) is 8.54. The Morgan fingerprint density at radius 3 is 2.65 bits per heavy atom. The molecule has 0 radical (unpaired) electrons. The van der Waals surface area contributed by atoms with Crippen LogP contribution in [-0.2, 0) is 23.9 Å². The normalized spacial score (nSPS) is 29.9. The number of hydrogen-bond donors (Lipinski definition) is 3. The summed E-state index contributed by atoms with van der Waals surface area (Å²) in [5.41, 5.74) is 0.459.